The fraction of sp³-hybridized carbons (Fsp3) is 0.350. The second-order valence-electron chi connectivity index (χ2n) is 5.71. The third-order valence-electron chi connectivity index (χ3n) is 3.92. The molecule has 0 saturated carbocycles. The van der Waals surface area contributed by atoms with Crippen LogP contribution >= 0.6 is 0 Å². The van der Waals surface area contributed by atoms with Crippen molar-refractivity contribution >= 4 is 5.91 Å². The van der Waals surface area contributed by atoms with E-state index in [1.165, 1.54) is 0 Å². The van der Waals surface area contributed by atoms with Gasteiger partial charge in [0.2, 0.25) is 0 Å². The fourth-order valence-corrected chi connectivity index (χ4v) is 2.67. The van der Waals surface area contributed by atoms with Crippen molar-refractivity contribution in [2.75, 3.05) is 27.2 Å². The summed E-state index contributed by atoms with van der Waals surface area (Å²) >= 11 is 0. The molecule has 2 aromatic carbocycles. The Balaban J connectivity index is 2.16. The van der Waals surface area contributed by atoms with Gasteiger partial charge in [0.05, 0.1) is 6.61 Å². The molecule has 0 aromatic heterocycles. The van der Waals surface area contributed by atoms with Crippen LogP contribution in [0.1, 0.15) is 28.4 Å². The summed E-state index contributed by atoms with van der Waals surface area (Å²) in [5, 5.41) is 3.13. The van der Waals surface area contributed by atoms with Gasteiger partial charge >= 0.3 is 0 Å². The van der Waals surface area contributed by atoms with Gasteiger partial charge in [0.1, 0.15) is 5.75 Å². The zero-order valence-electron chi connectivity index (χ0n) is 14.7. The zero-order chi connectivity index (χ0) is 17.4. The van der Waals surface area contributed by atoms with Crippen molar-refractivity contribution in [3.63, 3.8) is 0 Å². The molecular formula is C20H26N2O2. The van der Waals surface area contributed by atoms with Crippen molar-refractivity contribution in [1.29, 1.82) is 0 Å². The number of benzene rings is 2. The third kappa shape index (κ3) is 4.59. The molecule has 1 N–H and O–H groups in total. The number of hydrogen-bond acceptors (Lipinski definition) is 3. The van der Waals surface area contributed by atoms with Gasteiger partial charge in [-0.25, -0.2) is 0 Å². The topological polar surface area (TPSA) is 41.6 Å². The lowest BCUT2D eigenvalue weighted by Crippen LogP contribution is -2.27. The molecule has 0 unspecified atom stereocenters. The number of para-hydroxylation sites is 1. The maximum absolute atomic E-state index is 12.9. The number of nitrogens with one attached hydrogen (secondary N) is 1. The van der Waals surface area contributed by atoms with Crippen molar-refractivity contribution in [2.45, 2.75) is 19.9 Å². The van der Waals surface area contributed by atoms with Crippen LogP contribution in [0.25, 0.3) is 0 Å². The highest BCUT2D eigenvalue weighted by Crippen LogP contribution is 2.21. The number of carbonyl (C=O) groups excluding carboxylic acids is 1. The predicted octanol–water partition coefficient (Wildman–Crippen LogP) is 3.12. The van der Waals surface area contributed by atoms with Gasteiger partial charge in [-0.1, -0.05) is 36.4 Å². The lowest BCUT2D eigenvalue weighted by molar-refractivity contribution is 0.0783. The molecule has 4 nitrogen and oxygen atoms in total. The molecule has 0 radical (unpaired) electrons. The Hall–Kier alpha value is -2.33. The molecule has 0 fully saturated rings. The number of ether oxygens (including phenoxy) is 1. The minimum atomic E-state index is 0.0352. The Morgan fingerprint density at radius 1 is 1.08 bits per heavy atom. The van der Waals surface area contributed by atoms with E-state index in [4.69, 9.17) is 4.74 Å². The number of rotatable bonds is 8. The molecule has 0 spiro atoms. The van der Waals surface area contributed by atoms with E-state index in [0.29, 0.717) is 13.2 Å². The lowest BCUT2D eigenvalue weighted by atomic mass is 10.0. The standard InChI is InChI=1S/C20H26N2O2/c1-4-24-19-12-8-6-10-17(19)15-22(3)20(23)18-11-7-5-9-16(18)13-14-21-2/h5-12,21H,4,13-15H2,1-3H3. The van der Waals surface area contributed by atoms with Crippen LogP contribution in [-0.2, 0) is 13.0 Å². The van der Waals surface area contributed by atoms with E-state index in [9.17, 15) is 4.79 Å². The highest BCUT2D eigenvalue weighted by Gasteiger charge is 2.16. The predicted molar refractivity (Wildman–Crippen MR) is 97.5 cm³/mol. The van der Waals surface area contributed by atoms with Crippen molar-refractivity contribution < 1.29 is 9.53 Å². The molecule has 2 rings (SSSR count). The smallest absolute Gasteiger partial charge is 0.254 e. The quantitative estimate of drug-likeness (QED) is 0.810. The second kappa shape index (κ2) is 9.08. The number of hydrogen-bond donors (Lipinski definition) is 1. The van der Waals surface area contributed by atoms with Crippen LogP contribution < -0.4 is 10.1 Å². The van der Waals surface area contributed by atoms with Gasteiger partial charge in [-0.3, -0.25) is 4.79 Å². The molecule has 0 aliphatic carbocycles. The summed E-state index contributed by atoms with van der Waals surface area (Å²) in [6.07, 6.45) is 0.835. The molecule has 2 aromatic rings. The Morgan fingerprint density at radius 2 is 1.75 bits per heavy atom. The molecule has 4 heteroatoms. The van der Waals surface area contributed by atoms with E-state index in [1.807, 2.05) is 69.6 Å². The fourth-order valence-electron chi connectivity index (χ4n) is 2.67. The van der Waals surface area contributed by atoms with Crippen molar-refractivity contribution in [3.8, 4) is 5.75 Å². The van der Waals surface area contributed by atoms with Crippen LogP contribution in [0, 0.1) is 0 Å². The van der Waals surface area contributed by atoms with Crippen LogP contribution in [0.3, 0.4) is 0 Å². The highest BCUT2D eigenvalue weighted by molar-refractivity contribution is 5.95. The molecule has 128 valence electrons. The van der Waals surface area contributed by atoms with E-state index in [2.05, 4.69) is 5.32 Å². The average molecular weight is 326 g/mol. The number of likely N-dealkylation sites (N-methyl/N-ethyl adjacent to an activating group) is 1. The minimum absolute atomic E-state index is 0.0352. The summed E-state index contributed by atoms with van der Waals surface area (Å²) in [6, 6.07) is 15.7. The van der Waals surface area contributed by atoms with E-state index < -0.39 is 0 Å². The molecule has 0 atom stereocenters. The van der Waals surface area contributed by atoms with Crippen LogP contribution in [0.4, 0.5) is 0 Å². The van der Waals surface area contributed by atoms with Crippen molar-refractivity contribution in [1.82, 2.24) is 10.2 Å². The molecular weight excluding hydrogens is 300 g/mol. The molecule has 0 aliphatic rings. The van der Waals surface area contributed by atoms with Gasteiger partial charge in [0, 0.05) is 24.7 Å². The first-order valence-corrected chi connectivity index (χ1v) is 8.36. The Morgan fingerprint density at radius 3 is 2.46 bits per heavy atom. The molecule has 24 heavy (non-hydrogen) atoms. The van der Waals surface area contributed by atoms with Crippen LogP contribution in [0.2, 0.25) is 0 Å². The van der Waals surface area contributed by atoms with Gasteiger partial charge < -0.3 is 15.0 Å². The van der Waals surface area contributed by atoms with Gasteiger partial charge in [-0.05, 0) is 44.6 Å². The van der Waals surface area contributed by atoms with Crippen LogP contribution in [0.15, 0.2) is 48.5 Å². The highest BCUT2D eigenvalue weighted by atomic mass is 16.5. The monoisotopic (exact) mass is 326 g/mol. The maximum Gasteiger partial charge on any atom is 0.254 e. The molecule has 0 saturated heterocycles. The summed E-state index contributed by atoms with van der Waals surface area (Å²) in [4.78, 5) is 14.6. The van der Waals surface area contributed by atoms with Gasteiger partial charge in [-0.15, -0.1) is 0 Å². The number of carbonyl (C=O) groups is 1. The Bertz CT molecular complexity index is 670. The van der Waals surface area contributed by atoms with Gasteiger partial charge in [-0.2, -0.15) is 0 Å². The second-order valence-corrected chi connectivity index (χ2v) is 5.71. The summed E-state index contributed by atoms with van der Waals surface area (Å²) in [5.74, 6) is 0.871. The van der Waals surface area contributed by atoms with Gasteiger partial charge in [0.15, 0.2) is 0 Å². The van der Waals surface area contributed by atoms with Crippen LogP contribution in [-0.4, -0.2) is 38.1 Å². The van der Waals surface area contributed by atoms with Gasteiger partial charge in [0.25, 0.3) is 5.91 Å². The molecule has 0 bridgehead atoms. The normalized spacial score (nSPS) is 10.5. The summed E-state index contributed by atoms with van der Waals surface area (Å²) < 4.78 is 5.65. The summed E-state index contributed by atoms with van der Waals surface area (Å²) in [5.41, 5.74) is 2.86. The zero-order valence-corrected chi connectivity index (χ0v) is 14.7. The van der Waals surface area contributed by atoms with E-state index in [0.717, 1.165) is 35.4 Å². The third-order valence-corrected chi connectivity index (χ3v) is 3.92. The lowest BCUT2D eigenvalue weighted by Gasteiger charge is -2.20. The summed E-state index contributed by atoms with van der Waals surface area (Å²) in [7, 11) is 3.75. The Kier molecular flexibility index (Phi) is 6.82. The minimum Gasteiger partial charge on any atom is -0.494 e. The maximum atomic E-state index is 12.9. The number of amides is 1. The first kappa shape index (κ1) is 18.0. The summed E-state index contributed by atoms with van der Waals surface area (Å²) in [6.45, 7) is 3.95. The van der Waals surface area contributed by atoms with E-state index >= 15 is 0 Å². The molecule has 0 aliphatic heterocycles. The average Bonchev–Trinajstić information content (AvgIpc) is 2.61. The van der Waals surface area contributed by atoms with Crippen molar-refractivity contribution in [2.24, 2.45) is 0 Å². The van der Waals surface area contributed by atoms with E-state index in [1.54, 1.807) is 4.90 Å². The first-order valence-electron chi connectivity index (χ1n) is 8.36. The number of nitrogens with zero attached hydrogens (tertiary/aromatic N) is 1. The first-order chi connectivity index (χ1) is 11.7. The Labute approximate surface area is 144 Å². The molecule has 1 amide bonds. The van der Waals surface area contributed by atoms with Crippen LogP contribution in [0.5, 0.6) is 5.75 Å². The van der Waals surface area contributed by atoms with E-state index in [-0.39, 0.29) is 5.91 Å². The van der Waals surface area contributed by atoms with Crippen molar-refractivity contribution in [3.05, 3.63) is 65.2 Å². The molecule has 0 heterocycles. The SMILES string of the molecule is CCOc1ccccc1CN(C)C(=O)c1ccccc1CCNC. The largest absolute Gasteiger partial charge is 0.494 e.